The van der Waals surface area contributed by atoms with E-state index in [-0.39, 0.29) is 0 Å². The molecule has 0 aliphatic carbocycles. The first kappa shape index (κ1) is 13.9. The van der Waals surface area contributed by atoms with Gasteiger partial charge < -0.3 is 15.2 Å². The molecular weight excluding hydrogens is 306 g/mol. The molecule has 0 fully saturated rings. The minimum absolute atomic E-state index is 0.516. The largest absolute Gasteiger partial charge is 0.494 e. The fourth-order valence-electron chi connectivity index (χ4n) is 1.65. The zero-order valence-corrected chi connectivity index (χ0v) is 12.3. The van der Waals surface area contributed by atoms with E-state index in [4.69, 9.17) is 15.2 Å². The summed E-state index contributed by atoms with van der Waals surface area (Å²) in [5.74, 6) is 2.37. The van der Waals surface area contributed by atoms with Crippen molar-refractivity contribution in [1.29, 1.82) is 0 Å². The summed E-state index contributed by atoms with van der Waals surface area (Å²) < 4.78 is 12.1. The molecule has 0 unspecified atom stereocenters. The third-order valence-electron chi connectivity index (χ3n) is 2.59. The molecule has 0 heterocycles. The van der Waals surface area contributed by atoms with E-state index in [1.165, 1.54) is 0 Å². The molecule has 0 spiro atoms. The van der Waals surface area contributed by atoms with Crippen LogP contribution < -0.4 is 15.2 Å². The van der Waals surface area contributed by atoms with Crippen molar-refractivity contribution in [3.05, 3.63) is 52.5 Å². The lowest BCUT2D eigenvalue weighted by molar-refractivity contribution is 0.339. The third-order valence-corrected chi connectivity index (χ3v) is 3.21. The number of nitrogens with two attached hydrogens (primary N) is 1. The van der Waals surface area contributed by atoms with Crippen molar-refractivity contribution in [2.24, 2.45) is 5.73 Å². The molecule has 0 aliphatic rings. The Kier molecular flexibility index (Phi) is 4.82. The Labute approximate surface area is 121 Å². The molecule has 0 saturated carbocycles. The van der Waals surface area contributed by atoms with Gasteiger partial charge in [-0.25, -0.2) is 0 Å². The normalized spacial score (nSPS) is 10.3. The Hall–Kier alpha value is -1.52. The number of hydrogen-bond donors (Lipinski definition) is 1. The fraction of sp³-hybridized carbons (Fsp3) is 0.200. The van der Waals surface area contributed by atoms with Crippen LogP contribution in [-0.4, -0.2) is 6.61 Å². The fourth-order valence-corrected chi connectivity index (χ4v) is 2.16. The van der Waals surface area contributed by atoms with Crippen LogP contribution in [0.1, 0.15) is 12.5 Å². The molecule has 2 rings (SSSR count). The highest BCUT2D eigenvalue weighted by molar-refractivity contribution is 9.10. The van der Waals surface area contributed by atoms with Crippen molar-refractivity contribution in [2.45, 2.75) is 13.5 Å². The Balaban J connectivity index is 2.12. The summed E-state index contributed by atoms with van der Waals surface area (Å²) in [6, 6.07) is 13.4. The standard InChI is InChI=1S/C15H16BrNO2/c1-2-18-12-4-6-13(7-5-12)19-15-8-3-11(10-17)9-14(15)16/h3-9H,2,10,17H2,1H3. The van der Waals surface area contributed by atoms with Crippen LogP contribution in [0.3, 0.4) is 0 Å². The molecule has 2 N–H and O–H groups in total. The minimum Gasteiger partial charge on any atom is -0.494 e. The van der Waals surface area contributed by atoms with E-state index in [0.29, 0.717) is 13.2 Å². The molecule has 19 heavy (non-hydrogen) atoms. The lowest BCUT2D eigenvalue weighted by Crippen LogP contribution is -1.96. The van der Waals surface area contributed by atoms with Gasteiger partial charge in [0.15, 0.2) is 0 Å². The first-order chi connectivity index (χ1) is 9.22. The number of halogens is 1. The molecule has 100 valence electrons. The van der Waals surface area contributed by atoms with Crippen molar-refractivity contribution in [3.8, 4) is 17.2 Å². The maximum Gasteiger partial charge on any atom is 0.141 e. The number of benzene rings is 2. The average Bonchev–Trinajstić information content (AvgIpc) is 2.43. The molecule has 0 bridgehead atoms. The van der Waals surface area contributed by atoms with E-state index in [1.807, 2.05) is 49.4 Å². The summed E-state index contributed by atoms with van der Waals surface area (Å²) in [7, 11) is 0. The van der Waals surface area contributed by atoms with E-state index in [0.717, 1.165) is 27.3 Å². The smallest absolute Gasteiger partial charge is 0.141 e. The summed E-state index contributed by atoms with van der Waals surface area (Å²) in [6.07, 6.45) is 0. The third kappa shape index (κ3) is 3.72. The highest BCUT2D eigenvalue weighted by Crippen LogP contribution is 2.31. The van der Waals surface area contributed by atoms with E-state index >= 15 is 0 Å². The van der Waals surface area contributed by atoms with Gasteiger partial charge in [-0.05, 0) is 64.8 Å². The van der Waals surface area contributed by atoms with E-state index in [2.05, 4.69) is 15.9 Å². The summed E-state index contributed by atoms with van der Waals surface area (Å²) in [6.45, 7) is 3.13. The van der Waals surface area contributed by atoms with Gasteiger partial charge in [0.05, 0.1) is 11.1 Å². The predicted octanol–water partition coefficient (Wildman–Crippen LogP) is 4.10. The van der Waals surface area contributed by atoms with E-state index in [9.17, 15) is 0 Å². The topological polar surface area (TPSA) is 44.5 Å². The minimum atomic E-state index is 0.516. The zero-order valence-electron chi connectivity index (χ0n) is 10.7. The van der Waals surface area contributed by atoms with Crippen molar-refractivity contribution in [3.63, 3.8) is 0 Å². The SMILES string of the molecule is CCOc1ccc(Oc2ccc(CN)cc2Br)cc1. The second-order valence-electron chi connectivity index (χ2n) is 3.98. The van der Waals surface area contributed by atoms with Crippen LogP contribution in [-0.2, 0) is 6.54 Å². The Morgan fingerprint density at radius 2 is 1.74 bits per heavy atom. The predicted molar refractivity (Wildman–Crippen MR) is 79.7 cm³/mol. The van der Waals surface area contributed by atoms with Crippen molar-refractivity contribution >= 4 is 15.9 Å². The van der Waals surface area contributed by atoms with Crippen molar-refractivity contribution in [1.82, 2.24) is 0 Å². The number of ether oxygens (including phenoxy) is 2. The lowest BCUT2D eigenvalue weighted by Gasteiger charge is -2.09. The highest BCUT2D eigenvalue weighted by atomic mass is 79.9. The molecule has 2 aromatic carbocycles. The highest BCUT2D eigenvalue weighted by Gasteiger charge is 2.04. The Bertz CT molecular complexity index is 540. The lowest BCUT2D eigenvalue weighted by atomic mass is 10.2. The maximum atomic E-state index is 5.80. The first-order valence-electron chi connectivity index (χ1n) is 6.12. The van der Waals surface area contributed by atoms with Gasteiger partial charge in [-0.15, -0.1) is 0 Å². The Morgan fingerprint density at radius 1 is 1.05 bits per heavy atom. The van der Waals surface area contributed by atoms with Crippen LogP contribution >= 0.6 is 15.9 Å². The number of hydrogen-bond acceptors (Lipinski definition) is 3. The molecular formula is C15H16BrNO2. The summed E-state index contributed by atoms with van der Waals surface area (Å²) in [5, 5.41) is 0. The summed E-state index contributed by atoms with van der Waals surface area (Å²) in [4.78, 5) is 0. The summed E-state index contributed by atoms with van der Waals surface area (Å²) >= 11 is 3.48. The van der Waals surface area contributed by atoms with Crippen LogP contribution in [0.15, 0.2) is 46.9 Å². The molecule has 4 heteroatoms. The second-order valence-corrected chi connectivity index (χ2v) is 4.83. The molecule has 0 aromatic heterocycles. The van der Waals surface area contributed by atoms with Crippen LogP contribution in [0.5, 0.6) is 17.2 Å². The average molecular weight is 322 g/mol. The maximum absolute atomic E-state index is 5.80. The zero-order chi connectivity index (χ0) is 13.7. The van der Waals surface area contributed by atoms with Crippen LogP contribution in [0.2, 0.25) is 0 Å². The quantitative estimate of drug-likeness (QED) is 0.901. The van der Waals surface area contributed by atoms with Gasteiger partial charge in [-0.2, -0.15) is 0 Å². The van der Waals surface area contributed by atoms with E-state index < -0.39 is 0 Å². The van der Waals surface area contributed by atoms with Crippen molar-refractivity contribution < 1.29 is 9.47 Å². The molecule has 3 nitrogen and oxygen atoms in total. The van der Waals surface area contributed by atoms with Gasteiger partial charge in [0.25, 0.3) is 0 Å². The molecule has 0 amide bonds. The summed E-state index contributed by atoms with van der Waals surface area (Å²) in [5.41, 5.74) is 6.65. The first-order valence-corrected chi connectivity index (χ1v) is 6.91. The monoisotopic (exact) mass is 321 g/mol. The molecule has 0 aliphatic heterocycles. The Morgan fingerprint density at radius 3 is 2.32 bits per heavy atom. The van der Waals surface area contributed by atoms with Gasteiger partial charge in [0, 0.05) is 6.54 Å². The van der Waals surface area contributed by atoms with Gasteiger partial charge in [-0.3, -0.25) is 0 Å². The van der Waals surface area contributed by atoms with Crippen LogP contribution in [0, 0.1) is 0 Å². The van der Waals surface area contributed by atoms with Gasteiger partial charge in [0.1, 0.15) is 17.2 Å². The number of rotatable bonds is 5. The molecule has 0 saturated heterocycles. The van der Waals surface area contributed by atoms with Crippen molar-refractivity contribution in [2.75, 3.05) is 6.61 Å². The molecule has 0 atom stereocenters. The van der Waals surface area contributed by atoms with Gasteiger partial charge >= 0.3 is 0 Å². The van der Waals surface area contributed by atoms with Gasteiger partial charge in [-0.1, -0.05) is 6.07 Å². The molecule has 2 aromatic rings. The second kappa shape index (κ2) is 6.59. The molecule has 0 radical (unpaired) electrons. The van der Waals surface area contributed by atoms with Crippen LogP contribution in [0.25, 0.3) is 0 Å². The van der Waals surface area contributed by atoms with Gasteiger partial charge in [0.2, 0.25) is 0 Å². The van der Waals surface area contributed by atoms with E-state index in [1.54, 1.807) is 0 Å². The van der Waals surface area contributed by atoms with Crippen LogP contribution in [0.4, 0.5) is 0 Å².